The van der Waals surface area contributed by atoms with Gasteiger partial charge in [0.15, 0.2) is 0 Å². The quantitative estimate of drug-likeness (QED) is 0.692. The van der Waals surface area contributed by atoms with Gasteiger partial charge in [0.1, 0.15) is 12.5 Å². The Morgan fingerprint density at radius 2 is 2.07 bits per heavy atom. The topological polar surface area (TPSA) is 95.4 Å². The molecule has 0 aliphatic carbocycles. The van der Waals surface area contributed by atoms with Crippen molar-refractivity contribution in [1.82, 2.24) is 0 Å². The molecule has 0 bridgehead atoms. The van der Waals surface area contributed by atoms with Crippen molar-refractivity contribution < 1.29 is 13.2 Å². The highest BCUT2D eigenvalue weighted by Gasteiger charge is 2.12. The molecule has 0 heterocycles. The summed E-state index contributed by atoms with van der Waals surface area (Å²) in [6.45, 7) is 1.65. The van der Waals surface area contributed by atoms with Gasteiger partial charge in [-0.25, -0.2) is 13.6 Å². The maximum absolute atomic E-state index is 11.1. The van der Waals surface area contributed by atoms with Gasteiger partial charge in [-0.1, -0.05) is 6.07 Å². The lowest BCUT2D eigenvalue weighted by molar-refractivity contribution is 0.328. The molecule has 1 rings (SSSR count). The van der Waals surface area contributed by atoms with E-state index >= 15 is 0 Å². The average Bonchev–Trinajstić information content (AvgIpc) is 2.07. The standard InChI is InChI=1S/C8H12N2O3S/c1-6-2-3-7(13-5-9)4-8(6)14(10,11)12/h2-4H,5,9H2,1H3,(H2,10,11,12). The molecule has 0 aromatic heterocycles. The Morgan fingerprint density at radius 3 is 2.57 bits per heavy atom. The van der Waals surface area contributed by atoms with E-state index < -0.39 is 10.0 Å². The number of aryl methyl sites for hydroxylation is 1. The van der Waals surface area contributed by atoms with Crippen LogP contribution in [-0.4, -0.2) is 15.1 Å². The molecule has 0 unspecified atom stereocenters. The van der Waals surface area contributed by atoms with Crippen molar-refractivity contribution in [2.75, 3.05) is 6.73 Å². The first kappa shape index (κ1) is 11.0. The molecule has 0 saturated heterocycles. The third-order valence-corrected chi connectivity index (χ3v) is 2.77. The summed E-state index contributed by atoms with van der Waals surface area (Å²) in [4.78, 5) is 0.0588. The maximum Gasteiger partial charge on any atom is 0.238 e. The summed E-state index contributed by atoms with van der Waals surface area (Å²) in [7, 11) is -3.70. The number of benzene rings is 1. The first-order valence-corrected chi connectivity index (χ1v) is 5.46. The van der Waals surface area contributed by atoms with Crippen molar-refractivity contribution in [2.24, 2.45) is 10.9 Å². The SMILES string of the molecule is Cc1ccc(OCN)cc1S(N)(=O)=O. The molecule has 14 heavy (non-hydrogen) atoms. The van der Waals surface area contributed by atoms with E-state index in [-0.39, 0.29) is 11.6 Å². The van der Waals surface area contributed by atoms with Gasteiger partial charge in [-0.2, -0.15) is 0 Å². The summed E-state index contributed by atoms with van der Waals surface area (Å²) in [5, 5.41) is 5.01. The number of nitrogens with two attached hydrogens (primary N) is 2. The molecule has 4 N–H and O–H groups in total. The Labute approximate surface area is 82.7 Å². The van der Waals surface area contributed by atoms with Crippen LogP contribution in [0.2, 0.25) is 0 Å². The van der Waals surface area contributed by atoms with Gasteiger partial charge in [-0.15, -0.1) is 0 Å². The van der Waals surface area contributed by atoms with Crippen molar-refractivity contribution in [2.45, 2.75) is 11.8 Å². The molecule has 6 heteroatoms. The largest absolute Gasteiger partial charge is 0.479 e. The van der Waals surface area contributed by atoms with Crippen molar-refractivity contribution in [1.29, 1.82) is 0 Å². The second kappa shape index (κ2) is 3.95. The molecule has 78 valence electrons. The van der Waals surface area contributed by atoms with Crippen LogP contribution in [0.4, 0.5) is 0 Å². The van der Waals surface area contributed by atoms with Crippen LogP contribution in [0.1, 0.15) is 5.56 Å². The third-order valence-electron chi connectivity index (χ3n) is 1.72. The third kappa shape index (κ3) is 2.44. The number of primary sulfonamides is 1. The Kier molecular flexibility index (Phi) is 3.10. The summed E-state index contributed by atoms with van der Waals surface area (Å²) < 4.78 is 27.2. The molecule has 0 radical (unpaired) electrons. The number of sulfonamides is 1. The normalized spacial score (nSPS) is 11.4. The number of hydrogen-bond donors (Lipinski definition) is 2. The molecular weight excluding hydrogens is 204 g/mol. The van der Waals surface area contributed by atoms with Gasteiger partial charge >= 0.3 is 0 Å². The lowest BCUT2D eigenvalue weighted by atomic mass is 10.2. The predicted molar refractivity (Wildman–Crippen MR) is 52.2 cm³/mol. The molecule has 5 nitrogen and oxygen atoms in total. The zero-order chi connectivity index (χ0) is 10.8. The first-order chi connectivity index (χ1) is 6.45. The molecule has 0 spiro atoms. The smallest absolute Gasteiger partial charge is 0.238 e. The highest BCUT2D eigenvalue weighted by molar-refractivity contribution is 7.89. The van der Waals surface area contributed by atoms with Gasteiger partial charge in [0.05, 0.1) is 4.90 Å². The van der Waals surface area contributed by atoms with Crippen LogP contribution in [0.5, 0.6) is 5.75 Å². The van der Waals surface area contributed by atoms with Crippen LogP contribution in [0.25, 0.3) is 0 Å². The minimum atomic E-state index is -3.70. The minimum Gasteiger partial charge on any atom is -0.479 e. The van der Waals surface area contributed by atoms with E-state index in [4.69, 9.17) is 15.6 Å². The molecule has 0 saturated carbocycles. The second-order valence-electron chi connectivity index (χ2n) is 2.78. The van der Waals surface area contributed by atoms with E-state index in [2.05, 4.69) is 0 Å². The Bertz CT molecular complexity index is 428. The highest BCUT2D eigenvalue weighted by Crippen LogP contribution is 2.20. The summed E-state index contributed by atoms with van der Waals surface area (Å²) in [5.41, 5.74) is 5.74. The van der Waals surface area contributed by atoms with Gasteiger partial charge in [0.25, 0.3) is 0 Å². The Balaban J connectivity index is 3.22. The molecule has 1 aromatic carbocycles. The molecule has 0 aliphatic heterocycles. The van der Waals surface area contributed by atoms with Crippen molar-refractivity contribution in [3.8, 4) is 5.75 Å². The van der Waals surface area contributed by atoms with Crippen molar-refractivity contribution in [3.05, 3.63) is 23.8 Å². The Morgan fingerprint density at radius 1 is 1.43 bits per heavy atom. The molecule has 0 atom stereocenters. The summed E-state index contributed by atoms with van der Waals surface area (Å²) >= 11 is 0. The minimum absolute atomic E-state index is 0.00683. The van der Waals surface area contributed by atoms with Gasteiger partial charge in [-0.05, 0) is 18.6 Å². The zero-order valence-corrected chi connectivity index (χ0v) is 8.54. The van der Waals surface area contributed by atoms with Crippen LogP contribution >= 0.6 is 0 Å². The summed E-state index contributed by atoms with van der Waals surface area (Å²) in [5.74, 6) is 0.391. The van der Waals surface area contributed by atoms with E-state index in [1.165, 1.54) is 6.07 Å². The van der Waals surface area contributed by atoms with E-state index in [9.17, 15) is 8.42 Å². The Hall–Kier alpha value is -1.11. The van der Waals surface area contributed by atoms with Gasteiger partial charge in [0.2, 0.25) is 10.0 Å². The van der Waals surface area contributed by atoms with Crippen molar-refractivity contribution >= 4 is 10.0 Å². The lowest BCUT2D eigenvalue weighted by Crippen LogP contribution is -2.14. The van der Waals surface area contributed by atoms with E-state index in [1.54, 1.807) is 19.1 Å². The number of rotatable bonds is 3. The van der Waals surface area contributed by atoms with Crippen molar-refractivity contribution in [3.63, 3.8) is 0 Å². The fraction of sp³-hybridized carbons (Fsp3) is 0.250. The monoisotopic (exact) mass is 216 g/mol. The summed E-state index contributed by atoms with van der Waals surface area (Å²) in [6, 6.07) is 4.61. The zero-order valence-electron chi connectivity index (χ0n) is 7.73. The van der Waals surface area contributed by atoms with Crippen LogP contribution in [0.3, 0.4) is 0 Å². The lowest BCUT2D eigenvalue weighted by Gasteiger charge is -2.07. The van der Waals surface area contributed by atoms with E-state index in [0.717, 1.165) is 0 Å². The van der Waals surface area contributed by atoms with Crippen LogP contribution in [0.15, 0.2) is 23.1 Å². The van der Waals surface area contributed by atoms with Crippen LogP contribution < -0.4 is 15.6 Å². The fourth-order valence-electron chi connectivity index (χ4n) is 1.07. The second-order valence-corrected chi connectivity index (χ2v) is 4.31. The highest BCUT2D eigenvalue weighted by atomic mass is 32.2. The molecule has 0 amide bonds. The molecule has 0 aliphatic rings. The van der Waals surface area contributed by atoms with Gasteiger partial charge < -0.3 is 4.74 Å². The van der Waals surface area contributed by atoms with Gasteiger partial charge in [-0.3, -0.25) is 5.73 Å². The van der Waals surface area contributed by atoms with Crippen LogP contribution in [0, 0.1) is 6.92 Å². The number of hydrogen-bond acceptors (Lipinski definition) is 4. The molecule has 1 aromatic rings. The number of ether oxygens (including phenoxy) is 1. The maximum atomic E-state index is 11.1. The predicted octanol–water partition coefficient (Wildman–Crippen LogP) is -0.0626. The average molecular weight is 216 g/mol. The van der Waals surface area contributed by atoms with Crippen LogP contribution in [-0.2, 0) is 10.0 Å². The van der Waals surface area contributed by atoms with E-state index in [0.29, 0.717) is 11.3 Å². The molecular formula is C8H12N2O3S. The van der Waals surface area contributed by atoms with E-state index in [1.807, 2.05) is 0 Å². The van der Waals surface area contributed by atoms with Gasteiger partial charge in [0, 0.05) is 6.07 Å². The molecule has 0 fully saturated rings. The fourth-order valence-corrected chi connectivity index (χ4v) is 1.87. The first-order valence-electron chi connectivity index (χ1n) is 3.91. The summed E-state index contributed by atoms with van der Waals surface area (Å²) in [6.07, 6.45) is 0.